The molecule has 1 heterocycles. The van der Waals surface area contributed by atoms with Crippen LogP contribution in [0.15, 0.2) is 60.0 Å². The molecule has 4 heteroatoms. The van der Waals surface area contributed by atoms with Gasteiger partial charge < -0.3 is 5.32 Å². The van der Waals surface area contributed by atoms with E-state index in [9.17, 15) is 4.39 Å². The van der Waals surface area contributed by atoms with E-state index >= 15 is 0 Å². The summed E-state index contributed by atoms with van der Waals surface area (Å²) < 4.78 is 13.7. The van der Waals surface area contributed by atoms with Gasteiger partial charge in [-0.2, -0.15) is 0 Å². The summed E-state index contributed by atoms with van der Waals surface area (Å²) in [7, 11) is 0. The van der Waals surface area contributed by atoms with E-state index in [0.717, 1.165) is 11.3 Å². The molecule has 0 radical (unpaired) electrons. The van der Waals surface area contributed by atoms with E-state index < -0.39 is 0 Å². The fourth-order valence-electron chi connectivity index (χ4n) is 2.15. The van der Waals surface area contributed by atoms with Crippen LogP contribution in [-0.4, -0.2) is 0 Å². The highest BCUT2D eigenvalue weighted by molar-refractivity contribution is 7.13. The van der Waals surface area contributed by atoms with Crippen LogP contribution in [0.3, 0.4) is 0 Å². The molecule has 106 valence electrons. The van der Waals surface area contributed by atoms with E-state index in [1.165, 1.54) is 10.9 Å². The molecule has 0 aliphatic rings. The van der Waals surface area contributed by atoms with Crippen molar-refractivity contribution in [2.24, 2.45) is 0 Å². The van der Waals surface area contributed by atoms with Gasteiger partial charge in [0.25, 0.3) is 0 Å². The maximum atomic E-state index is 13.7. The molecule has 1 N–H and O–H groups in total. The molecule has 0 unspecified atom stereocenters. The lowest BCUT2D eigenvalue weighted by atomic mass is 10.1. The predicted molar refractivity (Wildman–Crippen MR) is 88.5 cm³/mol. The van der Waals surface area contributed by atoms with Crippen LogP contribution in [0.2, 0.25) is 5.02 Å². The third kappa shape index (κ3) is 3.26. The zero-order valence-electron chi connectivity index (χ0n) is 11.1. The summed E-state index contributed by atoms with van der Waals surface area (Å²) in [5, 5.41) is 5.88. The van der Waals surface area contributed by atoms with Gasteiger partial charge in [-0.05, 0) is 35.7 Å². The molecule has 21 heavy (non-hydrogen) atoms. The third-order valence-corrected chi connectivity index (χ3v) is 4.33. The molecular weight excluding hydrogens is 305 g/mol. The third-order valence-electron chi connectivity index (χ3n) is 3.19. The van der Waals surface area contributed by atoms with Gasteiger partial charge in [0.15, 0.2) is 0 Å². The Hall–Kier alpha value is -1.84. The van der Waals surface area contributed by atoms with Crippen molar-refractivity contribution in [2.75, 3.05) is 5.32 Å². The quantitative estimate of drug-likeness (QED) is 0.639. The van der Waals surface area contributed by atoms with Gasteiger partial charge in [-0.25, -0.2) is 4.39 Å². The first-order chi connectivity index (χ1) is 10.2. The average Bonchev–Trinajstić information content (AvgIpc) is 3.03. The van der Waals surface area contributed by atoms with Crippen molar-refractivity contribution >= 4 is 28.6 Å². The number of thiophene rings is 1. The van der Waals surface area contributed by atoms with Gasteiger partial charge in [-0.3, -0.25) is 0 Å². The predicted octanol–water partition coefficient (Wildman–Crippen LogP) is 5.82. The van der Waals surface area contributed by atoms with Crippen LogP contribution < -0.4 is 5.32 Å². The number of nitrogens with one attached hydrogen (secondary N) is 1. The van der Waals surface area contributed by atoms with Gasteiger partial charge in [0.2, 0.25) is 0 Å². The first-order valence-corrected chi connectivity index (χ1v) is 7.80. The Morgan fingerprint density at radius 2 is 1.90 bits per heavy atom. The summed E-state index contributed by atoms with van der Waals surface area (Å²) in [5.74, 6) is -0.250. The minimum atomic E-state index is -0.250. The number of para-hydroxylation sites is 1. The van der Waals surface area contributed by atoms with Crippen molar-refractivity contribution in [2.45, 2.75) is 6.54 Å². The second-order valence-corrected chi connectivity index (χ2v) is 6.00. The number of hydrogen-bond acceptors (Lipinski definition) is 2. The molecule has 0 saturated heterocycles. The van der Waals surface area contributed by atoms with Crippen LogP contribution in [0.5, 0.6) is 0 Å². The van der Waals surface area contributed by atoms with Crippen molar-refractivity contribution in [1.82, 2.24) is 0 Å². The first-order valence-electron chi connectivity index (χ1n) is 6.55. The summed E-state index contributed by atoms with van der Waals surface area (Å²) in [6.45, 7) is 0.398. The number of anilines is 1. The number of halogens is 2. The molecule has 0 amide bonds. The van der Waals surface area contributed by atoms with Gasteiger partial charge in [0.1, 0.15) is 5.82 Å². The molecule has 0 bridgehead atoms. The second-order valence-electron chi connectivity index (χ2n) is 4.61. The van der Waals surface area contributed by atoms with E-state index in [1.54, 1.807) is 23.5 Å². The van der Waals surface area contributed by atoms with Crippen molar-refractivity contribution in [3.05, 3.63) is 76.4 Å². The average molecular weight is 318 g/mol. The van der Waals surface area contributed by atoms with E-state index in [0.29, 0.717) is 17.1 Å². The molecule has 2 aromatic carbocycles. The molecule has 0 aliphatic carbocycles. The Morgan fingerprint density at radius 3 is 2.71 bits per heavy atom. The summed E-state index contributed by atoms with van der Waals surface area (Å²) in [6, 6.07) is 16.7. The lowest BCUT2D eigenvalue weighted by Gasteiger charge is -2.12. The molecule has 1 nitrogen and oxygen atoms in total. The van der Waals surface area contributed by atoms with Crippen molar-refractivity contribution < 1.29 is 4.39 Å². The van der Waals surface area contributed by atoms with E-state index in [1.807, 2.05) is 29.6 Å². The fraction of sp³-hybridized carbons (Fsp3) is 0.0588. The van der Waals surface area contributed by atoms with Crippen LogP contribution in [0.4, 0.5) is 10.1 Å². The number of rotatable bonds is 4. The normalized spacial score (nSPS) is 10.6. The minimum absolute atomic E-state index is 0.250. The maximum Gasteiger partial charge on any atom is 0.128 e. The largest absolute Gasteiger partial charge is 0.380 e. The maximum absolute atomic E-state index is 13.7. The first kappa shape index (κ1) is 14.1. The number of benzene rings is 2. The molecule has 0 saturated carbocycles. The molecule has 0 fully saturated rings. The molecule has 1 aromatic heterocycles. The van der Waals surface area contributed by atoms with Gasteiger partial charge in [0.05, 0.1) is 0 Å². The fourth-order valence-corrected chi connectivity index (χ4v) is 3.11. The van der Waals surface area contributed by atoms with Crippen molar-refractivity contribution in [1.29, 1.82) is 0 Å². The summed E-state index contributed by atoms with van der Waals surface area (Å²) in [5.41, 5.74) is 2.66. The second kappa shape index (κ2) is 6.29. The lowest BCUT2D eigenvalue weighted by Crippen LogP contribution is -2.02. The Morgan fingerprint density at radius 1 is 1.05 bits per heavy atom. The summed E-state index contributed by atoms with van der Waals surface area (Å²) >= 11 is 7.60. The van der Waals surface area contributed by atoms with Crippen LogP contribution in [-0.2, 0) is 6.54 Å². The number of hydrogen-bond donors (Lipinski definition) is 1. The van der Waals surface area contributed by atoms with Gasteiger partial charge >= 0.3 is 0 Å². The highest BCUT2D eigenvalue weighted by atomic mass is 35.5. The van der Waals surface area contributed by atoms with Crippen LogP contribution in [0, 0.1) is 5.82 Å². The van der Waals surface area contributed by atoms with E-state index in [4.69, 9.17) is 11.6 Å². The van der Waals surface area contributed by atoms with Crippen LogP contribution in [0.25, 0.3) is 10.4 Å². The molecule has 0 aliphatic heterocycles. The topological polar surface area (TPSA) is 12.0 Å². The Kier molecular flexibility index (Phi) is 4.23. The molecule has 3 aromatic rings. The molecular formula is C17H13ClFNS. The SMILES string of the molecule is Fc1ccc(Cl)cc1CNc1ccccc1-c1cccs1. The zero-order valence-corrected chi connectivity index (χ0v) is 12.7. The minimum Gasteiger partial charge on any atom is -0.380 e. The van der Waals surface area contributed by atoms with Gasteiger partial charge in [-0.15, -0.1) is 11.3 Å². The molecule has 3 rings (SSSR count). The van der Waals surface area contributed by atoms with Crippen molar-refractivity contribution in [3.63, 3.8) is 0 Å². The van der Waals surface area contributed by atoms with E-state index in [2.05, 4.69) is 17.4 Å². The van der Waals surface area contributed by atoms with Crippen molar-refractivity contribution in [3.8, 4) is 10.4 Å². The Labute approximate surface area is 132 Å². The Bertz CT molecular complexity index is 740. The van der Waals surface area contributed by atoms with Gasteiger partial charge in [0, 0.05) is 33.3 Å². The molecule has 0 atom stereocenters. The summed E-state index contributed by atoms with van der Waals surface area (Å²) in [4.78, 5) is 1.18. The zero-order chi connectivity index (χ0) is 14.7. The van der Waals surface area contributed by atoms with Crippen LogP contribution >= 0.6 is 22.9 Å². The van der Waals surface area contributed by atoms with Gasteiger partial charge in [-0.1, -0.05) is 35.9 Å². The van der Waals surface area contributed by atoms with Crippen LogP contribution in [0.1, 0.15) is 5.56 Å². The summed E-state index contributed by atoms with van der Waals surface area (Å²) in [6.07, 6.45) is 0. The smallest absolute Gasteiger partial charge is 0.128 e. The highest BCUT2D eigenvalue weighted by Gasteiger charge is 2.07. The monoisotopic (exact) mass is 317 g/mol. The highest BCUT2D eigenvalue weighted by Crippen LogP contribution is 2.31. The Balaban J connectivity index is 1.84. The standard InChI is InChI=1S/C17H13ClFNS/c18-13-7-8-15(19)12(10-13)11-20-16-5-2-1-4-14(16)17-6-3-9-21-17/h1-10,20H,11H2. The molecule has 0 spiro atoms. The lowest BCUT2D eigenvalue weighted by molar-refractivity contribution is 0.613. The van der Waals surface area contributed by atoms with E-state index in [-0.39, 0.29) is 5.82 Å².